The molecule has 1 aliphatic heterocycles. The largest absolute Gasteiger partial charge is 0.452 e. The third kappa shape index (κ3) is 5.24. The van der Waals surface area contributed by atoms with Gasteiger partial charge in [0, 0.05) is 34.7 Å². The second-order valence-electron chi connectivity index (χ2n) is 11.4. The lowest BCUT2D eigenvalue weighted by Gasteiger charge is -2.21. The molecule has 0 unspecified atom stereocenters. The van der Waals surface area contributed by atoms with Gasteiger partial charge in [0.1, 0.15) is 5.75 Å². The summed E-state index contributed by atoms with van der Waals surface area (Å²) in [5, 5.41) is 3.95. The van der Waals surface area contributed by atoms with E-state index in [1.54, 1.807) is 54.6 Å². The van der Waals surface area contributed by atoms with Crippen molar-refractivity contribution in [3.63, 3.8) is 0 Å². The van der Waals surface area contributed by atoms with Crippen molar-refractivity contribution < 1.29 is 37.9 Å². The van der Waals surface area contributed by atoms with Crippen LogP contribution in [0.25, 0.3) is 32.6 Å². The molecule has 230 valence electrons. The fraction of sp³-hybridized carbons (Fsp3) is 0.189. The first-order valence-corrected chi connectivity index (χ1v) is 15.0. The number of hydrogen-bond donors (Lipinski definition) is 1. The molecule has 4 aromatic carbocycles. The van der Waals surface area contributed by atoms with Crippen LogP contribution in [0.3, 0.4) is 0 Å². The van der Waals surface area contributed by atoms with E-state index in [9.17, 15) is 14.4 Å². The lowest BCUT2D eigenvalue weighted by atomic mass is 9.97. The van der Waals surface area contributed by atoms with Gasteiger partial charge in [0.15, 0.2) is 18.5 Å². The quantitative estimate of drug-likeness (QED) is 0.133. The van der Waals surface area contributed by atoms with Gasteiger partial charge in [-0.2, -0.15) is 4.57 Å². The number of fused-ring (bicyclic) bond motifs is 4. The van der Waals surface area contributed by atoms with Gasteiger partial charge in [0.2, 0.25) is 6.10 Å². The van der Waals surface area contributed by atoms with Crippen molar-refractivity contribution in [1.82, 2.24) is 4.98 Å². The second-order valence-corrected chi connectivity index (χ2v) is 11.4. The minimum Gasteiger partial charge on any atom is -0.452 e. The number of ether oxygens (including phenoxy) is 4. The number of aromatic nitrogens is 2. The fourth-order valence-electron chi connectivity index (χ4n) is 6.24. The molecule has 0 spiro atoms. The van der Waals surface area contributed by atoms with Crippen LogP contribution in [0.4, 0.5) is 0 Å². The van der Waals surface area contributed by atoms with Crippen molar-refractivity contribution in [2.45, 2.75) is 39.2 Å². The highest BCUT2D eigenvalue weighted by molar-refractivity contribution is 6.16. The maximum absolute atomic E-state index is 13.3. The summed E-state index contributed by atoms with van der Waals surface area (Å²) in [6.45, 7) is 5.53. The molecular weight excluding hydrogens is 584 g/mol. The molecule has 0 amide bonds. The van der Waals surface area contributed by atoms with Crippen LogP contribution in [-0.2, 0) is 19.0 Å². The van der Waals surface area contributed by atoms with E-state index in [1.807, 2.05) is 54.2 Å². The smallest absolute Gasteiger partial charge is 0.338 e. The summed E-state index contributed by atoms with van der Waals surface area (Å²) < 4.78 is 25.3. The molecule has 9 heteroatoms. The van der Waals surface area contributed by atoms with E-state index < -0.39 is 30.4 Å². The normalized spacial score (nSPS) is 17.8. The minimum absolute atomic E-state index is 0.0411. The molecular formula is C37H31N2O7+. The number of carbonyl (C=O) groups is 3. The number of rotatable bonds is 6. The monoisotopic (exact) mass is 615 g/mol. The predicted molar refractivity (Wildman–Crippen MR) is 171 cm³/mol. The molecule has 46 heavy (non-hydrogen) atoms. The van der Waals surface area contributed by atoms with E-state index in [0.717, 1.165) is 43.7 Å². The van der Waals surface area contributed by atoms with Crippen LogP contribution >= 0.6 is 0 Å². The third-order valence-electron chi connectivity index (χ3n) is 8.46. The fourth-order valence-corrected chi connectivity index (χ4v) is 6.24. The average Bonchev–Trinajstić information content (AvgIpc) is 3.65. The molecule has 1 fully saturated rings. The van der Waals surface area contributed by atoms with Gasteiger partial charge in [-0.1, -0.05) is 36.4 Å². The Kier molecular flexibility index (Phi) is 7.46. The summed E-state index contributed by atoms with van der Waals surface area (Å²) in [6.07, 6.45) is 1.33. The Hall–Kier alpha value is -5.54. The number of nitrogens with zero attached hydrogens (tertiary/aromatic N) is 1. The highest BCUT2D eigenvalue weighted by atomic mass is 16.6. The van der Waals surface area contributed by atoms with Gasteiger partial charge in [-0.05, 0) is 72.8 Å². The highest BCUT2D eigenvalue weighted by Crippen LogP contribution is 2.38. The van der Waals surface area contributed by atoms with Crippen molar-refractivity contribution >= 4 is 50.5 Å². The van der Waals surface area contributed by atoms with Gasteiger partial charge in [-0.25, -0.2) is 9.59 Å². The summed E-state index contributed by atoms with van der Waals surface area (Å²) in [4.78, 5) is 41.5. The Bertz CT molecular complexity index is 2140. The standard InChI is InChI=1S/C37H30N2O7/c1-21-29-19-39(17-16-27(29)22(2)33-32(21)28-18-26(44-23(3)40)14-15-30(28)38-33)35-34(46-37(42)25-12-8-5-9-13-25)31(20-43-35)45-36(41)24-10-6-4-7-11-24/h4-19,31,34-35H,20H2,1-3H3/p+1/t31-,34-,35-/m0/s1. The third-order valence-corrected chi connectivity index (χ3v) is 8.46. The second kappa shape index (κ2) is 11.8. The lowest BCUT2D eigenvalue weighted by molar-refractivity contribution is -0.762. The van der Waals surface area contributed by atoms with E-state index in [0.29, 0.717) is 16.9 Å². The first-order chi connectivity index (χ1) is 22.3. The molecule has 0 saturated carbocycles. The number of benzene rings is 4. The number of aryl methyl sites for hydroxylation is 2. The van der Waals surface area contributed by atoms with Crippen molar-refractivity contribution in [3.8, 4) is 5.75 Å². The average molecular weight is 616 g/mol. The molecule has 0 radical (unpaired) electrons. The van der Waals surface area contributed by atoms with E-state index in [2.05, 4.69) is 11.9 Å². The van der Waals surface area contributed by atoms with Crippen LogP contribution in [0.5, 0.6) is 5.75 Å². The van der Waals surface area contributed by atoms with Gasteiger partial charge in [0.05, 0.1) is 23.3 Å². The van der Waals surface area contributed by atoms with E-state index in [4.69, 9.17) is 18.9 Å². The maximum atomic E-state index is 13.3. The first-order valence-electron chi connectivity index (χ1n) is 15.0. The number of hydrogen-bond acceptors (Lipinski definition) is 7. The summed E-state index contributed by atoms with van der Waals surface area (Å²) in [6, 6.07) is 24.9. The number of pyridine rings is 1. The summed E-state index contributed by atoms with van der Waals surface area (Å²) in [7, 11) is 0. The lowest BCUT2D eigenvalue weighted by Crippen LogP contribution is -2.48. The molecule has 6 aromatic rings. The molecule has 2 aromatic heterocycles. The van der Waals surface area contributed by atoms with Gasteiger partial charge in [-0.3, -0.25) is 4.79 Å². The van der Waals surface area contributed by atoms with Crippen molar-refractivity contribution in [2.24, 2.45) is 0 Å². The van der Waals surface area contributed by atoms with Crippen LogP contribution in [0.1, 0.15) is 45.0 Å². The SMILES string of the molecule is CC(=O)Oc1ccc2[nH]c3c(C)c4cc[n+]([C@H]5OC[C@H](OC(=O)c6ccccc6)[C@@H]5OC(=O)c5ccccc5)cc4c(C)c3c2c1. The number of H-pyrrole nitrogens is 1. The summed E-state index contributed by atoms with van der Waals surface area (Å²) >= 11 is 0. The van der Waals surface area contributed by atoms with Crippen LogP contribution in [-0.4, -0.2) is 41.7 Å². The number of carbonyl (C=O) groups excluding carboxylic acids is 3. The van der Waals surface area contributed by atoms with Crippen LogP contribution in [0.15, 0.2) is 97.3 Å². The summed E-state index contributed by atoms with van der Waals surface area (Å²) in [5.74, 6) is -0.982. The Labute approximate surface area is 264 Å². The first kappa shape index (κ1) is 29.2. The maximum Gasteiger partial charge on any atom is 0.338 e. The number of aromatic amines is 1. The van der Waals surface area contributed by atoms with Crippen LogP contribution < -0.4 is 9.30 Å². The van der Waals surface area contributed by atoms with Crippen LogP contribution in [0, 0.1) is 13.8 Å². The topological polar surface area (TPSA) is 108 Å². The molecule has 1 aliphatic rings. The zero-order valence-corrected chi connectivity index (χ0v) is 25.5. The van der Waals surface area contributed by atoms with Gasteiger partial charge in [-0.15, -0.1) is 0 Å². The van der Waals surface area contributed by atoms with E-state index >= 15 is 0 Å². The molecule has 7 rings (SSSR count). The molecule has 0 aliphatic carbocycles. The van der Waals surface area contributed by atoms with E-state index in [-0.39, 0.29) is 12.6 Å². The zero-order chi connectivity index (χ0) is 31.9. The van der Waals surface area contributed by atoms with Crippen molar-refractivity contribution in [1.29, 1.82) is 0 Å². The highest BCUT2D eigenvalue weighted by Gasteiger charge is 2.49. The molecule has 0 bridgehead atoms. The van der Waals surface area contributed by atoms with E-state index in [1.165, 1.54) is 6.92 Å². The van der Waals surface area contributed by atoms with Crippen molar-refractivity contribution in [3.05, 3.63) is 120 Å². The Balaban J connectivity index is 1.29. The Morgan fingerprint density at radius 2 is 1.48 bits per heavy atom. The molecule has 1 N–H and O–H groups in total. The number of esters is 3. The number of nitrogens with one attached hydrogen (secondary N) is 1. The van der Waals surface area contributed by atoms with Gasteiger partial charge >= 0.3 is 24.1 Å². The molecule has 9 nitrogen and oxygen atoms in total. The van der Waals surface area contributed by atoms with Gasteiger partial charge in [0.25, 0.3) is 0 Å². The molecule has 3 heterocycles. The Morgan fingerprint density at radius 1 is 0.804 bits per heavy atom. The summed E-state index contributed by atoms with van der Waals surface area (Å²) in [5.41, 5.74) is 4.77. The zero-order valence-electron chi connectivity index (χ0n) is 25.5. The van der Waals surface area contributed by atoms with Crippen LogP contribution in [0.2, 0.25) is 0 Å². The Morgan fingerprint density at radius 3 is 2.15 bits per heavy atom. The van der Waals surface area contributed by atoms with Crippen molar-refractivity contribution in [2.75, 3.05) is 6.61 Å². The minimum atomic E-state index is -0.924. The predicted octanol–water partition coefficient (Wildman–Crippen LogP) is 6.28. The molecule has 1 saturated heterocycles. The van der Waals surface area contributed by atoms with Gasteiger partial charge < -0.3 is 23.9 Å². The molecule has 3 atom stereocenters.